The van der Waals surface area contributed by atoms with E-state index in [1.54, 1.807) is 0 Å². The van der Waals surface area contributed by atoms with Crippen LogP contribution in [0.25, 0.3) is 11.0 Å². The lowest BCUT2D eigenvalue weighted by molar-refractivity contribution is 0.747. The molecular weight excluding hydrogens is 258 g/mol. The highest BCUT2D eigenvalue weighted by Crippen LogP contribution is 2.41. The second-order valence-electron chi connectivity index (χ2n) is 6.06. The molecule has 2 N–H and O–H groups in total. The number of hydrogen-bond acceptors (Lipinski definition) is 2. The fourth-order valence-electron chi connectivity index (χ4n) is 2.86. The van der Waals surface area contributed by atoms with Gasteiger partial charge >= 0.3 is 0 Å². The molecule has 0 amide bonds. The molecule has 0 spiro atoms. The molecule has 0 atom stereocenters. The zero-order valence-electron chi connectivity index (χ0n) is 12.2. The van der Waals surface area contributed by atoms with Crippen LogP contribution in [0.4, 0.5) is 5.69 Å². The normalized spacial score (nSPS) is 14.7. The minimum absolute atomic E-state index is 0.629. The number of imidazole rings is 1. The lowest BCUT2D eigenvalue weighted by atomic mass is 10.1. The van der Waals surface area contributed by atoms with Crippen LogP contribution >= 0.6 is 0 Å². The molecule has 0 saturated heterocycles. The number of aromatic nitrogens is 2. The van der Waals surface area contributed by atoms with Gasteiger partial charge in [-0.05, 0) is 43.5 Å². The maximum absolute atomic E-state index is 5.89. The predicted molar refractivity (Wildman–Crippen MR) is 86.4 cm³/mol. The molecule has 1 saturated carbocycles. The third kappa shape index (κ3) is 2.29. The summed E-state index contributed by atoms with van der Waals surface area (Å²) in [6, 6.07) is 14.8. The van der Waals surface area contributed by atoms with E-state index in [-0.39, 0.29) is 0 Å². The lowest BCUT2D eigenvalue weighted by Crippen LogP contribution is -2.04. The minimum atomic E-state index is 0.629. The summed E-state index contributed by atoms with van der Waals surface area (Å²) < 4.78 is 2.36. The summed E-state index contributed by atoms with van der Waals surface area (Å²) in [5.41, 5.74) is 11.5. The van der Waals surface area contributed by atoms with Gasteiger partial charge in [0.2, 0.25) is 0 Å². The summed E-state index contributed by atoms with van der Waals surface area (Å²) >= 11 is 0. The van der Waals surface area contributed by atoms with Gasteiger partial charge in [0.25, 0.3) is 0 Å². The molecule has 1 heterocycles. The van der Waals surface area contributed by atoms with Crippen LogP contribution in [0.1, 0.15) is 35.7 Å². The number of aryl methyl sites for hydroxylation is 1. The van der Waals surface area contributed by atoms with Gasteiger partial charge in [0.05, 0.1) is 11.0 Å². The number of nitrogen functional groups attached to an aromatic ring is 1. The Morgan fingerprint density at radius 3 is 2.62 bits per heavy atom. The first-order chi connectivity index (χ1) is 10.2. The van der Waals surface area contributed by atoms with Crippen molar-refractivity contribution < 1.29 is 0 Å². The third-order valence-electron chi connectivity index (χ3n) is 4.21. The van der Waals surface area contributed by atoms with Gasteiger partial charge in [-0.2, -0.15) is 0 Å². The molecule has 0 radical (unpaired) electrons. The van der Waals surface area contributed by atoms with E-state index in [1.165, 1.54) is 35.3 Å². The van der Waals surface area contributed by atoms with Gasteiger partial charge in [-0.25, -0.2) is 4.98 Å². The van der Waals surface area contributed by atoms with Crippen LogP contribution in [0.5, 0.6) is 0 Å². The molecular formula is C18H19N3. The Bertz CT molecular complexity index is 795. The predicted octanol–water partition coefficient (Wildman–Crippen LogP) is 3.85. The van der Waals surface area contributed by atoms with E-state index in [0.717, 1.165) is 17.7 Å². The monoisotopic (exact) mass is 277 g/mol. The summed E-state index contributed by atoms with van der Waals surface area (Å²) in [6.07, 6.45) is 2.51. The number of nitrogens with two attached hydrogens (primary N) is 1. The maximum atomic E-state index is 5.89. The number of nitrogens with zero attached hydrogens (tertiary/aromatic N) is 2. The summed E-state index contributed by atoms with van der Waals surface area (Å²) in [6.45, 7) is 3.00. The topological polar surface area (TPSA) is 43.8 Å². The van der Waals surface area contributed by atoms with E-state index < -0.39 is 0 Å². The highest BCUT2D eigenvalue weighted by Gasteiger charge is 2.29. The van der Waals surface area contributed by atoms with Crippen molar-refractivity contribution in [2.75, 3.05) is 5.73 Å². The zero-order valence-corrected chi connectivity index (χ0v) is 12.2. The Labute approximate surface area is 124 Å². The zero-order chi connectivity index (χ0) is 14.4. The van der Waals surface area contributed by atoms with Gasteiger partial charge in [-0.3, -0.25) is 0 Å². The standard InChI is InChI=1S/C18H19N3/c1-12-2-4-13(5-3-12)11-21-17-9-8-15(19)10-16(17)20-18(21)14-6-7-14/h2-5,8-10,14H,6-7,11,19H2,1H3. The quantitative estimate of drug-likeness (QED) is 0.739. The van der Waals surface area contributed by atoms with Crippen LogP contribution in [0.2, 0.25) is 0 Å². The number of fused-ring (bicyclic) bond motifs is 1. The molecule has 0 aliphatic heterocycles. The molecule has 106 valence electrons. The summed E-state index contributed by atoms with van der Waals surface area (Å²) in [5.74, 6) is 1.85. The molecule has 4 rings (SSSR count). The average Bonchev–Trinajstić information content (AvgIpc) is 3.25. The van der Waals surface area contributed by atoms with Gasteiger partial charge in [-0.1, -0.05) is 29.8 Å². The van der Waals surface area contributed by atoms with Crippen LogP contribution in [0, 0.1) is 6.92 Å². The second-order valence-corrected chi connectivity index (χ2v) is 6.06. The van der Waals surface area contributed by atoms with Crippen LogP contribution in [-0.4, -0.2) is 9.55 Å². The lowest BCUT2D eigenvalue weighted by Gasteiger charge is -2.09. The first kappa shape index (κ1) is 12.5. The van der Waals surface area contributed by atoms with E-state index in [2.05, 4.69) is 41.8 Å². The van der Waals surface area contributed by atoms with Crippen LogP contribution in [0.15, 0.2) is 42.5 Å². The van der Waals surface area contributed by atoms with Crippen LogP contribution in [0.3, 0.4) is 0 Å². The van der Waals surface area contributed by atoms with Crippen molar-refractivity contribution in [1.29, 1.82) is 0 Å². The molecule has 1 aliphatic carbocycles. The molecule has 3 nitrogen and oxygen atoms in total. The molecule has 3 heteroatoms. The fourth-order valence-corrected chi connectivity index (χ4v) is 2.86. The first-order valence-corrected chi connectivity index (χ1v) is 7.52. The van der Waals surface area contributed by atoms with Crippen molar-refractivity contribution >= 4 is 16.7 Å². The van der Waals surface area contributed by atoms with E-state index in [9.17, 15) is 0 Å². The molecule has 1 aliphatic rings. The van der Waals surface area contributed by atoms with E-state index >= 15 is 0 Å². The van der Waals surface area contributed by atoms with Crippen molar-refractivity contribution in [2.45, 2.75) is 32.2 Å². The average molecular weight is 277 g/mol. The van der Waals surface area contributed by atoms with Gasteiger partial charge in [0.1, 0.15) is 5.82 Å². The molecule has 1 fully saturated rings. The first-order valence-electron chi connectivity index (χ1n) is 7.52. The van der Waals surface area contributed by atoms with Crippen molar-refractivity contribution in [1.82, 2.24) is 9.55 Å². The molecule has 1 aromatic heterocycles. The fraction of sp³-hybridized carbons (Fsp3) is 0.278. The van der Waals surface area contributed by atoms with Gasteiger partial charge in [0.15, 0.2) is 0 Å². The molecule has 0 unspecified atom stereocenters. The van der Waals surface area contributed by atoms with E-state index in [1.807, 2.05) is 12.1 Å². The molecule has 0 bridgehead atoms. The highest BCUT2D eigenvalue weighted by molar-refractivity contribution is 5.80. The van der Waals surface area contributed by atoms with Crippen molar-refractivity contribution in [3.05, 3.63) is 59.4 Å². The van der Waals surface area contributed by atoms with Gasteiger partial charge < -0.3 is 10.3 Å². The second kappa shape index (κ2) is 4.62. The molecule has 21 heavy (non-hydrogen) atoms. The Kier molecular flexibility index (Phi) is 2.74. The Morgan fingerprint density at radius 1 is 1.14 bits per heavy atom. The number of rotatable bonds is 3. The largest absolute Gasteiger partial charge is 0.399 e. The van der Waals surface area contributed by atoms with Gasteiger partial charge in [0, 0.05) is 18.2 Å². The summed E-state index contributed by atoms with van der Waals surface area (Å²) in [5, 5.41) is 0. The third-order valence-corrected chi connectivity index (χ3v) is 4.21. The Morgan fingerprint density at radius 2 is 1.90 bits per heavy atom. The number of hydrogen-bond donors (Lipinski definition) is 1. The van der Waals surface area contributed by atoms with Crippen molar-refractivity contribution in [2.24, 2.45) is 0 Å². The smallest absolute Gasteiger partial charge is 0.113 e. The van der Waals surface area contributed by atoms with Crippen molar-refractivity contribution in [3.63, 3.8) is 0 Å². The van der Waals surface area contributed by atoms with Gasteiger partial charge in [-0.15, -0.1) is 0 Å². The molecule has 3 aromatic rings. The molecule has 2 aromatic carbocycles. The Hall–Kier alpha value is -2.29. The minimum Gasteiger partial charge on any atom is -0.399 e. The van der Waals surface area contributed by atoms with Crippen molar-refractivity contribution in [3.8, 4) is 0 Å². The SMILES string of the molecule is Cc1ccc(Cn2c(C3CC3)nc3cc(N)ccc32)cc1. The highest BCUT2D eigenvalue weighted by atomic mass is 15.1. The van der Waals surface area contributed by atoms with E-state index in [4.69, 9.17) is 10.7 Å². The number of benzene rings is 2. The number of anilines is 1. The summed E-state index contributed by atoms with van der Waals surface area (Å²) in [7, 11) is 0. The van der Waals surface area contributed by atoms with Crippen LogP contribution in [-0.2, 0) is 6.54 Å². The summed E-state index contributed by atoms with van der Waals surface area (Å²) in [4.78, 5) is 4.83. The van der Waals surface area contributed by atoms with E-state index in [0.29, 0.717) is 5.92 Å². The Balaban J connectivity index is 1.81. The van der Waals surface area contributed by atoms with Crippen LogP contribution < -0.4 is 5.73 Å². The maximum Gasteiger partial charge on any atom is 0.113 e.